The highest BCUT2D eigenvalue weighted by atomic mass is 31.2. The molecule has 0 saturated carbocycles. The fourth-order valence-electron chi connectivity index (χ4n) is 16.0. The highest BCUT2D eigenvalue weighted by Crippen LogP contribution is 2.60. The van der Waals surface area contributed by atoms with Gasteiger partial charge in [0, 0.05) is 69.5 Å². The predicted octanol–water partition coefficient (Wildman–Crippen LogP) is 34.7. The van der Waals surface area contributed by atoms with Gasteiger partial charge in [0.2, 0.25) is 0 Å². The van der Waals surface area contributed by atoms with Gasteiger partial charge in [-0.1, -0.05) is 359 Å². The molecule has 6 saturated heterocycles. The Labute approximate surface area is 847 Å². The first-order valence-corrected chi connectivity index (χ1v) is 57.7. The van der Waals surface area contributed by atoms with Crippen LogP contribution in [-0.4, -0.2) is 100 Å². The maximum Gasteiger partial charge on any atom is 0.397 e. The molecule has 7 heterocycles. The molecule has 6 aromatic carbocycles. The Morgan fingerprint density at radius 1 is 0.295 bits per heavy atom. The molecule has 7 aromatic rings. The molecular weight excluding hydrogens is 1890 g/mol. The molecule has 21 nitrogen and oxygen atoms in total. The van der Waals surface area contributed by atoms with Crippen LogP contribution in [0.2, 0.25) is 0 Å². The van der Waals surface area contributed by atoms with E-state index in [-0.39, 0.29) is 70.4 Å². The normalized spacial score (nSPS) is 22.9. The molecule has 6 aliphatic heterocycles. The van der Waals surface area contributed by atoms with E-state index in [9.17, 15) is 0 Å². The minimum absolute atomic E-state index is 0.00823. The molecule has 1 aromatic heterocycles. The molecule has 0 amide bonds. The second-order valence-electron chi connectivity index (χ2n) is 50.3. The first kappa shape index (κ1) is 119. The van der Waals surface area contributed by atoms with Crippen molar-refractivity contribution >= 4 is 81.8 Å². The maximum atomic E-state index is 6.88. The molecule has 0 radical (unpaired) electrons. The zero-order valence-corrected chi connectivity index (χ0v) is 99.4. The molecule has 0 bridgehead atoms. The molecule has 3 spiro atoms. The lowest BCUT2D eigenvalue weighted by atomic mass is 9.77. The van der Waals surface area contributed by atoms with E-state index in [0.717, 1.165) is 62.5 Å². The number of unbranched alkanes of at least 4 members (excludes halogenated alkanes) is 1. The van der Waals surface area contributed by atoms with Gasteiger partial charge in [-0.25, -0.2) is 0 Å². The Morgan fingerprint density at radius 3 is 0.820 bits per heavy atom. The van der Waals surface area contributed by atoms with Crippen molar-refractivity contribution in [3.05, 3.63) is 163 Å². The molecule has 13 rings (SSSR count). The number of fused-ring (bicyclic) bond motifs is 3. The van der Waals surface area contributed by atoms with Crippen molar-refractivity contribution in [2.45, 2.75) is 369 Å². The summed E-state index contributed by atoms with van der Waals surface area (Å²) >= 11 is 0. The van der Waals surface area contributed by atoms with Gasteiger partial charge in [-0.05, 0) is 134 Å². The zero-order valence-electron chi connectivity index (χ0n) is 93.1. The Hall–Kier alpha value is -3.60. The van der Waals surface area contributed by atoms with E-state index in [2.05, 4.69) is 356 Å². The molecule has 0 N–H and O–H groups in total. The van der Waals surface area contributed by atoms with Gasteiger partial charge >= 0.3 is 59.9 Å². The maximum absolute atomic E-state index is 6.88. The fourth-order valence-corrected chi connectivity index (χ4v) is 24.4. The molecule has 1 atom stereocenters. The molecule has 6 aliphatic rings. The van der Waals surface area contributed by atoms with Crippen molar-refractivity contribution in [3.63, 3.8) is 0 Å². The summed E-state index contributed by atoms with van der Waals surface area (Å²) in [4.78, 5) is 0. The average molecular weight is 2060 g/mol. The predicted molar refractivity (Wildman–Crippen MR) is 579 cm³/mol. The topological polar surface area (TPSA) is 202 Å². The number of benzene rings is 6. The van der Waals surface area contributed by atoms with Gasteiger partial charge in [0.05, 0.1) is 102 Å². The minimum atomic E-state index is -1.63. The third kappa shape index (κ3) is 32.9. The molecular formula is C111H177O21P7. The number of hydrogen-bond acceptors (Lipinski definition) is 21. The van der Waals surface area contributed by atoms with E-state index < -0.39 is 65.3 Å². The van der Waals surface area contributed by atoms with Crippen molar-refractivity contribution in [2.24, 2.45) is 22.2 Å². The van der Waals surface area contributed by atoms with Crippen molar-refractivity contribution in [3.8, 4) is 23.0 Å². The first-order chi connectivity index (χ1) is 64.1. The summed E-state index contributed by atoms with van der Waals surface area (Å²) in [6.07, 6.45) is 5.95. The summed E-state index contributed by atoms with van der Waals surface area (Å²) < 4.78 is 127. The summed E-state index contributed by atoms with van der Waals surface area (Å²) in [7, 11) is -6.95. The summed E-state index contributed by atoms with van der Waals surface area (Å²) in [6, 6.07) is 31.0. The highest BCUT2D eigenvalue weighted by Gasteiger charge is 2.50. The lowest BCUT2D eigenvalue weighted by Gasteiger charge is -2.42. The monoisotopic (exact) mass is 2060 g/mol. The SMILES string of the molecule is CCC.CCCCC(CC)COp1oc2c(C(C)(C)C)cc(C(C)(C)C)cc2c2cc(C(C)(C)C)cc(C(C)(C)C)c2o1.COP1OCC2(CO1)COP(OC)OC2.Cc1cc(C(C)(C)C)c(OP2OCC3(CO2)COP(Oc2c(C(C)(C)C)cc(C)cc2C(C)(C)C)OC3)c(C(C)(C)C)c1.Cc1ccc(OP2OCC3(CO2)COP(Oc2ccc(C(C)(C)C)cc2C(C)(C)C)OC3)c(C(C)(C)C)c1. The van der Waals surface area contributed by atoms with Gasteiger partial charge in [-0.3, -0.25) is 4.52 Å². The second kappa shape index (κ2) is 47.9. The van der Waals surface area contributed by atoms with Gasteiger partial charge in [-0.15, -0.1) is 0 Å². The van der Waals surface area contributed by atoms with Crippen LogP contribution in [0.5, 0.6) is 23.0 Å². The van der Waals surface area contributed by atoms with Crippen molar-refractivity contribution in [1.29, 1.82) is 0 Å². The smallest absolute Gasteiger partial charge is 0.397 e. The lowest BCUT2D eigenvalue weighted by Crippen LogP contribution is -2.45. The summed E-state index contributed by atoms with van der Waals surface area (Å²) in [5.41, 5.74) is 17.1. The van der Waals surface area contributed by atoms with E-state index in [4.69, 9.17) is 94.3 Å². The van der Waals surface area contributed by atoms with E-state index in [1.807, 2.05) is 6.07 Å². The van der Waals surface area contributed by atoms with Gasteiger partial charge in [-0.2, -0.15) is 0 Å². The fraction of sp³-hybridized carbons (Fsp3) is 0.676. The third-order valence-electron chi connectivity index (χ3n) is 25.1. The van der Waals surface area contributed by atoms with Crippen LogP contribution < -0.4 is 22.6 Å². The van der Waals surface area contributed by atoms with Crippen molar-refractivity contribution < 1.29 is 94.3 Å². The van der Waals surface area contributed by atoms with Crippen molar-refractivity contribution in [2.75, 3.05) is 100 Å². The molecule has 139 heavy (non-hydrogen) atoms. The molecule has 0 aliphatic carbocycles. The van der Waals surface area contributed by atoms with Gasteiger partial charge in [0.15, 0.2) is 0 Å². The van der Waals surface area contributed by atoms with Crippen LogP contribution in [0.25, 0.3) is 21.9 Å². The largest absolute Gasteiger partial charge is 0.426 e. The number of aryl methyl sites for hydroxylation is 3. The number of rotatable bonds is 17. The zero-order chi connectivity index (χ0) is 104. The average Bonchev–Trinajstić information content (AvgIpc) is 1.64. The Bertz CT molecular complexity index is 4860. The quantitative estimate of drug-likeness (QED) is 0.0778. The molecule has 782 valence electrons. The van der Waals surface area contributed by atoms with Crippen LogP contribution in [0.3, 0.4) is 0 Å². The lowest BCUT2D eigenvalue weighted by molar-refractivity contribution is -0.0729. The van der Waals surface area contributed by atoms with E-state index in [0.29, 0.717) is 91.8 Å². The minimum Gasteiger partial charge on any atom is -0.426 e. The first-order valence-electron chi connectivity index (χ1n) is 50.0. The van der Waals surface area contributed by atoms with Crippen molar-refractivity contribution in [1.82, 2.24) is 0 Å². The Morgan fingerprint density at radius 2 is 0.554 bits per heavy atom. The van der Waals surface area contributed by atoms with Gasteiger partial charge in [0.1, 0.15) is 34.2 Å². The van der Waals surface area contributed by atoms with E-state index >= 15 is 0 Å². The summed E-state index contributed by atoms with van der Waals surface area (Å²) in [6.45, 7) is 95.3. The van der Waals surface area contributed by atoms with E-state index in [1.165, 1.54) is 92.4 Å². The standard InChI is InChI=1S/C36H57O3P.C35H54O6P2.C30H44O6P2.C7H14O6P2.C3H8/c1-15-17-18-24(16-2)23-37-40-38-31-27(19-25(33(3,4)5)21-29(31)35(9,10)11)28-20-26(34(6,7)8)22-30(32(28)39-40)36(12,13)14;1-23-15-25(31(3,4)5)29(26(16-23)32(6,7)8)40-42-36-19-35(20-37-42)21-38-43(39-22-35)41-30-27(33(9,10)11)17-24(2)18-28(30)34(12,13)14;1-21-11-13-25(23(15-21)28(5,6)7)35-37-31-17-30(18-32-37)19-33-38(34-20-30)36-26-14-12-22(27(2,3)4)16-24(26)29(8,9)10;1-8-14-10-3-7(4-11-14)5-12-15(9-2)13-6-7;1-3-2/h19-22,24H,15-18,23H2,1-14H3;15-18H,19-22H2,1-14H3;11-16H,17-20H2,1-10H3;3-6H2,1-2H3;3H2,1-2H3. The molecule has 6 fully saturated rings. The molecule has 28 heteroatoms. The van der Waals surface area contributed by atoms with E-state index in [1.54, 1.807) is 14.2 Å². The van der Waals surface area contributed by atoms with Crippen LogP contribution in [-0.2, 0) is 123 Å². The van der Waals surface area contributed by atoms with Crippen LogP contribution in [0, 0.1) is 42.9 Å². The van der Waals surface area contributed by atoms with Crippen LogP contribution >= 0.6 is 59.9 Å². The van der Waals surface area contributed by atoms with Crippen LogP contribution in [0.1, 0.15) is 366 Å². The van der Waals surface area contributed by atoms with Gasteiger partial charge in [0.25, 0.3) is 0 Å². The highest BCUT2D eigenvalue weighted by molar-refractivity contribution is 7.43. The molecule has 1 unspecified atom stereocenters. The Balaban J connectivity index is 0.000000214. The number of hydrogen-bond donors (Lipinski definition) is 0. The Kier molecular flexibility index (Phi) is 41.0. The summed E-state index contributed by atoms with van der Waals surface area (Å²) in [5.74, 6) is 3.89. The third-order valence-corrected chi connectivity index (χ3v) is 32.1. The van der Waals surface area contributed by atoms with Gasteiger partial charge < -0.3 is 89.8 Å². The second-order valence-corrected chi connectivity index (χ2v) is 58.6. The van der Waals surface area contributed by atoms with Crippen LogP contribution in [0.15, 0.2) is 93.3 Å². The summed E-state index contributed by atoms with van der Waals surface area (Å²) in [5, 5.41) is 2.24. The van der Waals surface area contributed by atoms with Crippen LogP contribution in [0.4, 0.5) is 0 Å².